The molecule has 0 spiro atoms. The van der Waals surface area contributed by atoms with Crippen LogP contribution >= 0.6 is 0 Å². The predicted molar refractivity (Wildman–Crippen MR) is 67.2 cm³/mol. The number of hydrogen-bond acceptors (Lipinski definition) is 8. The monoisotopic (exact) mass is 282 g/mol. The summed E-state index contributed by atoms with van der Waals surface area (Å²) in [6.07, 6.45) is -0.0329. The van der Waals surface area contributed by atoms with Crippen molar-refractivity contribution in [3.05, 3.63) is 16.7 Å². The van der Waals surface area contributed by atoms with E-state index in [4.69, 9.17) is 16.4 Å². The van der Waals surface area contributed by atoms with Crippen LogP contribution in [0.25, 0.3) is 11.2 Å². The Morgan fingerprint density at radius 1 is 1.65 bits per heavy atom. The molecule has 0 aromatic carbocycles. The number of H-pyrrole nitrogens is 1. The maximum atomic E-state index is 11.7. The van der Waals surface area contributed by atoms with Crippen molar-refractivity contribution in [3.8, 4) is 0 Å². The zero-order valence-electron chi connectivity index (χ0n) is 10.4. The van der Waals surface area contributed by atoms with Gasteiger partial charge in [-0.15, -0.1) is 0 Å². The van der Waals surface area contributed by atoms with Gasteiger partial charge in [-0.1, -0.05) is 0 Å². The molecule has 0 radical (unpaired) electrons. The van der Waals surface area contributed by atoms with Crippen molar-refractivity contribution in [2.75, 3.05) is 12.3 Å². The molecule has 1 saturated heterocycles. The molecule has 0 unspecified atom stereocenters. The summed E-state index contributed by atoms with van der Waals surface area (Å²) < 4.78 is 7.18. The summed E-state index contributed by atoms with van der Waals surface area (Å²) in [7, 11) is 0. The van der Waals surface area contributed by atoms with E-state index in [0.29, 0.717) is 12.1 Å². The third-order valence-electron chi connectivity index (χ3n) is 3.23. The number of aromatic amines is 1. The SMILES string of the molecule is NOC[C@H]1O[C@@H](n2cnc3c(=O)[nH]c(N)nc32)C[C@@H]1O. The van der Waals surface area contributed by atoms with Gasteiger partial charge in [0.2, 0.25) is 5.95 Å². The minimum absolute atomic E-state index is 0.00960. The maximum Gasteiger partial charge on any atom is 0.280 e. The highest BCUT2D eigenvalue weighted by Gasteiger charge is 2.36. The van der Waals surface area contributed by atoms with Gasteiger partial charge in [0.25, 0.3) is 5.56 Å². The highest BCUT2D eigenvalue weighted by Crippen LogP contribution is 2.30. The van der Waals surface area contributed by atoms with Gasteiger partial charge in [0.15, 0.2) is 11.2 Å². The third kappa shape index (κ3) is 2.04. The first-order valence-corrected chi connectivity index (χ1v) is 5.97. The molecule has 3 heterocycles. The Morgan fingerprint density at radius 3 is 3.20 bits per heavy atom. The molecule has 108 valence electrons. The lowest BCUT2D eigenvalue weighted by molar-refractivity contribution is -0.0620. The van der Waals surface area contributed by atoms with Crippen molar-refractivity contribution < 1.29 is 14.7 Å². The Labute approximate surface area is 112 Å². The summed E-state index contributed by atoms with van der Waals surface area (Å²) in [6, 6.07) is 0. The number of aliphatic hydroxyl groups excluding tert-OH is 1. The molecule has 20 heavy (non-hydrogen) atoms. The summed E-state index contributed by atoms with van der Waals surface area (Å²) in [4.78, 5) is 26.6. The molecule has 1 fully saturated rings. The number of nitrogen functional groups attached to an aromatic ring is 1. The fourth-order valence-electron chi connectivity index (χ4n) is 2.28. The summed E-state index contributed by atoms with van der Waals surface area (Å²) in [5.74, 6) is 4.97. The smallest absolute Gasteiger partial charge is 0.280 e. The van der Waals surface area contributed by atoms with Gasteiger partial charge in [-0.3, -0.25) is 14.3 Å². The van der Waals surface area contributed by atoms with E-state index in [1.807, 2.05) is 0 Å². The molecule has 6 N–H and O–H groups in total. The highest BCUT2D eigenvalue weighted by molar-refractivity contribution is 5.70. The highest BCUT2D eigenvalue weighted by atomic mass is 16.6. The number of nitrogens with one attached hydrogen (secondary N) is 1. The molecule has 0 bridgehead atoms. The second-order valence-electron chi connectivity index (χ2n) is 4.54. The van der Waals surface area contributed by atoms with Crippen LogP contribution in [0, 0.1) is 0 Å². The number of imidazole rings is 1. The fraction of sp³-hybridized carbons (Fsp3) is 0.500. The Kier molecular flexibility index (Phi) is 3.14. The molecule has 10 nitrogen and oxygen atoms in total. The van der Waals surface area contributed by atoms with Gasteiger partial charge in [0.05, 0.1) is 19.0 Å². The largest absolute Gasteiger partial charge is 0.390 e. The summed E-state index contributed by atoms with van der Waals surface area (Å²) in [6.45, 7) is 0.0699. The molecule has 3 atom stereocenters. The van der Waals surface area contributed by atoms with Crippen molar-refractivity contribution in [2.24, 2.45) is 5.90 Å². The topological polar surface area (TPSA) is 154 Å². The fourth-order valence-corrected chi connectivity index (χ4v) is 2.28. The van der Waals surface area contributed by atoms with E-state index in [-0.39, 0.29) is 18.1 Å². The number of fused-ring (bicyclic) bond motifs is 1. The lowest BCUT2D eigenvalue weighted by Gasteiger charge is -2.14. The molecule has 1 aliphatic rings. The normalized spacial score (nSPS) is 26.4. The summed E-state index contributed by atoms with van der Waals surface area (Å²) in [5.41, 5.74) is 5.56. The van der Waals surface area contributed by atoms with Crippen LogP contribution in [-0.2, 0) is 9.57 Å². The standard InChI is InChI=1S/C10H14N6O4/c11-10-14-8-7(9(18)15-10)13-3-16(8)6-1-4(17)5(20-6)2-19-12/h3-6,17H,1-2,12H2,(H3,11,14,15,18)/t4-,5+,6+/m0/s1. The van der Waals surface area contributed by atoms with Gasteiger partial charge in [-0.05, 0) is 0 Å². The summed E-state index contributed by atoms with van der Waals surface area (Å²) in [5, 5.41) is 9.86. The van der Waals surface area contributed by atoms with E-state index < -0.39 is 24.0 Å². The minimum Gasteiger partial charge on any atom is -0.390 e. The molecular formula is C10H14N6O4. The van der Waals surface area contributed by atoms with Crippen molar-refractivity contribution in [2.45, 2.75) is 24.9 Å². The minimum atomic E-state index is -0.722. The van der Waals surface area contributed by atoms with Crippen LogP contribution in [0.2, 0.25) is 0 Å². The van der Waals surface area contributed by atoms with Gasteiger partial charge in [-0.25, -0.2) is 10.9 Å². The zero-order valence-corrected chi connectivity index (χ0v) is 10.4. The van der Waals surface area contributed by atoms with Crippen LogP contribution in [0.15, 0.2) is 11.1 Å². The first-order valence-electron chi connectivity index (χ1n) is 5.97. The molecule has 2 aromatic heterocycles. The van der Waals surface area contributed by atoms with Crippen LogP contribution in [-0.4, -0.2) is 43.4 Å². The Hall–Kier alpha value is -2.01. The molecule has 0 saturated carbocycles. The Morgan fingerprint density at radius 2 is 2.45 bits per heavy atom. The third-order valence-corrected chi connectivity index (χ3v) is 3.23. The number of nitrogens with zero attached hydrogens (tertiary/aromatic N) is 3. The average Bonchev–Trinajstić information content (AvgIpc) is 2.94. The van der Waals surface area contributed by atoms with Crippen LogP contribution in [0.3, 0.4) is 0 Å². The van der Waals surface area contributed by atoms with Gasteiger partial charge in [0, 0.05) is 6.42 Å². The molecule has 3 rings (SSSR count). The molecular weight excluding hydrogens is 268 g/mol. The number of hydrogen-bond donors (Lipinski definition) is 4. The van der Waals surface area contributed by atoms with E-state index >= 15 is 0 Å². The van der Waals surface area contributed by atoms with E-state index in [1.54, 1.807) is 4.57 Å². The number of ether oxygens (including phenoxy) is 1. The lowest BCUT2D eigenvalue weighted by Crippen LogP contribution is -2.27. The van der Waals surface area contributed by atoms with E-state index in [9.17, 15) is 9.90 Å². The molecule has 0 aliphatic carbocycles. The van der Waals surface area contributed by atoms with Gasteiger partial charge < -0.3 is 20.4 Å². The molecule has 10 heteroatoms. The van der Waals surface area contributed by atoms with E-state index in [2.05, 4.69) is 19.8 Å². The second kappa shape index (κ2) is 4.83. The Balaban J connectivity index is 1.98. The van der Waals surface area contributed by atoms with Gasteiger partial charge in [0.1, 0.15) is 12.3 Å². The first-order chi connectivity index (χ1) is 9.60. The molecule has 0 amide bonds. The van der Waals surface area contributed by atoms with Gasteiger partial charge >= 0.3 is 0 Å². The van der Waals surface area contributed by atoms with Crippen LogP contribution < -0.4 is 17.2 Å². The van der Waals surface area contributed by atoms with Crippen molar-refractivity contribution >= 4 is 17.1 Å². The van der Waals surface area contributed by atoms with Crippen molar-refractivity contribution in [1.82, 2.24) is 19.5 Å². The average molecular weight is 282 g/mol. The Bertz CT molecular complexity index is 682. The number of aromatic nitrogens is 4. The number of aliphatic hydroxyl groups is 1. The molecule has 1 aliphatic heterocycles. The van der Waals surface area contributed by atoms with Gasteiger partial charge in [-0.2, -0.15) is 4.98 Å². The number of anilines is 1. The van der Waals surface area contributed by atoms with E-state index in [1.165, 1.54) is 6.33 Å². The van der Waals surface area contributed by atoms with Crippen LogP contribution in [0.1, 0.15) is 12.6 Å². The number of nitrogens with two attached hydrogens (primary N) is 2. The molecule has 2 aromatic rings. The van der Waals surface area contributed by atoms with Crippen molar-refractivity contribution in [1.29, 1.82) is 0 Å². The van der Waals surface area contributed by atoms with Crippen LogP contribution in [0.5, 0.6) is 0 Å². The van der Waals surface area contributed by atoms with Crippen molar-refractivity contribution in [3.63, 3.8) is 0 Å². The lowest BCUT2D eigenvalue weighted by atomic mass is 10.2. The van der Waals surface area contributed by atoms with Crippen LogP contribution in [0.4, 0.5) is 5.95 Å². The number of rotatable bonds is 3. The predicted octanol–water partition coefficient (Wildman–Crippen LogP) is -1.76. The summed E-state index contributed by atoms with van der Waals surface area (Å²) >= 11 is 0. The quantitative estimate of drug-likeness (QED) is 0.483. The first kappa shape index (κ1) is 13.0. The second-order valence-corrected chi connectivity index (χ2v) is 4.54. The van der Waals surface area contributed by atoms with E-state index in [0.717, 1.165) is 0 Å². The zero-order chi connectivity index (χ0) is 14.3. The maximum absolute atomic E-state index is 11.7.